The average molecular weight is 413 g/mol. The van der Waals surface area contributed by atoms with E-state index in [0.29, 0.717) is 31.7 Å². The number of hydrogen-bond acceptors (Lipinski definition) is 5. The molecule has 0 bridgehead atoms. The minimum atomic E-state index is -0.920. The van der Waals surface area contributed by atoms with Gasteiger partial charge in [0.05, 0.1) is 19.3 Å². The molecule has 2 N–H and O–H groups in total. The molecule has 1 amide bonds. The Morgan fingerprint density at radius 1 is 1.27 bits per heavy atom. The highest BCUT2D eigenvalue weighted by Gasteiger charge is 2.44. The second-order valence-corrected chi connectivity index (χ2v) is 7.82. The van der Waals surface area contributed by atoms with E-state index >= 15 is 0 Å². The highest BCUT2D eigenvalue weighted by Crippen LogP contribution is 2.34. The molecular formula is C22H24FN3O4. The van der Waals surface area contributed by atoms with Gasteiger partial charge in [0.15, 0.2) is 5.76 Å². The van der Waals surface area contributed by atoms with Gasteiger partial charge in [-0.3, -0.25) is 9.48 Å². The van der Waals surface area contributed by atoms with E-state index in [0.717, 1.165) is 5.56 Å². The molecule has 1 aliphatic heterocycles. The van der Waals surface area contributed by atoms with E-state index in [1.165, 1.54) is 12.1 Å². The Kier molecular flexibility index (Phi) is 5.69. The Morgan fingerprint density at radius 2 is 2.07 bits per heavy atom. The van der Waals surface area contributed by atoms with Crippen molar-refractivity contribution in [1.29, 1.82) is 0 Å². The zero-order valence-electron chi connectivity index (χ0n) is 16.4. The van der Waals surface area contributed by atoms with E-state index in [-0.39, 0.29) is 30.6 Å². The molecule has 1 aromatic carbocycles. The van der Waals surface area contributed by atoms with Gasteiger partial charge in [0, 0.05) is 30.9 Å². The van der Waals surface area contributed by atoms with Crippen molar-refractivity contribution in [3.8, 4) is 0 Å². The van der Waals surface area contributed by atoms with Crippen LogP contribution in [0.15, 0.2) is 59.3 Å². The lowest BCUT2D eigenvalue weighted by Gasteiger charge is -2.45. The Bertz CT molecular complexity index is 986. The van der Waals surface area contributed by atoms with E-state index in [2.05, 4.69) is 5.10 Å². The monoisotopic (exact) mass is 413 g/mol. The summed E-state index contributed by atoms with van der Waals surface area (Å²) in [5.74, 6) is 0.188. The van der Waals surface area contributed by atoms with Crippen molar-refractivity contribution in [2.45, 2.75) is 25.5 Å². The number of hydrogen-bond donors (Lipinski definition) is 2. The number of likely N-dealkylation sites (tertiary alicyclic amines) is 1. The molecule has 0 aliphatic carbocycles. The lowest BCUT2D eigenvalue weighted by molar-refractivity contribution is -0.0673. The Labute approximate surface area is 173 Å². The van der Waals surface area contributed by atoms with Gasteiger partial charge in [0.2, 0.25) is 0 Å². The van der Waals surface area contributed by atoms with Gasteiger partial charge < -0.3 is 19.5 Å². The third-order valence-corrected chi connectivity index (χ3v) is 5.71. The number of furan rings is 1. The van der Waals surface area contributed by atoms with Crippen LogP contribution in [0.5, 0.6) is 0 Å². The second kappa shape index (κ2) is 8.41. The molecule has 3 aromatic rings. The van der Waals surface area contributed by atoms with Gasteiger partial charge in [-0.05, 0) is 48.7 Å². The van der Waals surface area contributed by atoms with Crippen molar-refractivity contribution in [2.24, 2.45) is 5.41 Å². The number of halogens is 1. The van der Waals surface area contributed by atoms with Crippen LogP contribution in [0, 0.1) is 11.2 Å². The van der Waals surface area contributed by atoms with Crippen molar-refractivity contribution < 1.29 is 23.8 Å². The fourth-order valence-corrected chi connectivity index (χ4v) is 4.00. The van der Waals surface area contributed by atoms with Crippen LogP contribution in [0.3, 0.4) is 0 Å². The zero-order chi connectivity index (χ0) is 21.1. The van der Waals surface area contributed by atoms with Crippen LogP contribution in [0.25, 0.3) is 0 Å². The number of rotatable bonds is 6. The molecule has 3 heterocycles. The van der Waals surface area contributed by atoms with Crippen LogP contribution in [0.2, 0.25) is 0 Å². The van der Waals surface area contributed by atoms with E-state index in [1.54, 1.807) is 46.2 Å². The molecule has 0 saturated carbocycles. The normalized spacial score (nSPS) is 21.7. The predicted octanol–water partition coefficient (Wildman–Crippen LogP) is 2.09. The summed E-state index contributed by atoms with van der Waals surface area (Å²) in [5.41, 5.74) is -0.130. The van der Waals surface area contributed by atoms with Gasteiger partial charge in [0.25, 0.3) is 5.91 Å². The number of carbonyl (C=O) groups is 1. The molecule has 2 atom stereocenters. The first-order valence-corrected chi connectivity index (χ1v) is 9.88. The SMILES string of the molecule is O=C(c1ccc(Cn2cccn2)o1)N1CC[C@H](O)[C@@](CO)(Cc2ccc(F)cc2)C1. The van der Waals surface area contributed by atoms with Crippen LogP contribution < -0.4 is 0 Å². The molecule has 1 fully saturated rings. The molecule has 158 valence electrons. The first-order valence-electron chi connectivity index (χ1n) is 9.88. The van der Waals surface area contributed by atoms with Gasteiger partial charge in [0.1, 0.15) is 11.6 Å². The number of aliphatic hydroxyl groups excluding tert-OH is 2. The van der Waals surface area contributed by atoms with Gasteiger partial charge in [-0.2, -0.15) is 5.10 Å². The van der Waals surface area contributed by atoms with Crippen molar-refractivity contribution in [3.63, 3.8) is 0 Å². The summed E-state index contributed by atoms with van der Waals surface area (Å²) in [6.45, 7) is 0.665. The van der Waals surface area contributed by atoms with E-state index < -0.39 is 11.5 Å². The van der Waals surface area contributed by atoms with Crippen LogP contribution in [-0.4, -0.2) is 56.6 Å². The first kappa shape index (κ1) is 20.3. The molecule has 4 rings (SSSR count). The lowest BCUT2D eigenvalue weighted by atomic mass is 9.73. The Morgan fingerprint density at radius 3 is 2.77 bits per heavy atom. The molecule has 1 aliphatic rings. The summed E-state index contributed by atoms with van der Waals surface area (Å²) in [4.78, 5) is 14.6. The van der Waals surface area contributed by atoms with Crippen LogP contribution in [0.4, 0.5) is 4.39 Å². The molecule has 8 heteroatoms. The van der Waals surface area contributed by atoms with Crippen LogP contribution in [0.1, 0.15) is 28.3 Å². The van der Waals surface area contributed by atoms with Gasteiger partial charge in [-0.15, -0.1) is 0 Å². The number of aliphatic hydroxyl groups is 2. The number of nitrogens with zero attached hydrogens (tertiary/aromatic N) is 3. The second-order valence-electron chi connectivity index (χ2n) is 7.82. The molecule has 0 unspecified atom stereocenters. The summed E-state index contributed by atoms with van der Waals surface area (Å²) in [7, 11) is 0. The average Bonchev–Trinajstić information content (AvgIpc) is 3.43. The minimum absolute atomic E-state index is 0.177. The Balaban J connectivity index is 1.49. The van der Waals surface area contributed by atoms with Crippen molar-refractivity contribution in [1.82, 2.24) is 14.7 Å². The summed E-state index contributed by atoms with van der Waals surface area (Å²) in [6, 6.07) is 11.1. The van der Waals surface area contributed by atoms with Gasteiger partial charge in [-0.25, -0.2) is 4.39 Å². The maximum Gasteiger partial charge on any atom is 0.289 e. The summed E-state index contributed by atoms with van der Waals surface area (Å²) in [6.07, 6.45) is 3.37. The van der Waals surface area contributed by atoms with Crippen LogP contribution in [-0.2, 0) is 13.0 Å². The number of carbonyl (C=O) groups excluding carboxylic acids is 1. The van der Waals surface area contributed by atoms with E-state index in [4.69, 9.17) is 4.42 Å². The topological polar surface area (TPSA) is 91.7 Å². The first-order chi connectivity index (χ1) is 14.5. The van der Waals surface area contributed by atoms with Gasteiger partial charge >= 0.3 is 0 Å². The van der Waals surface area contributed by atoms with Crippen molar-refractivity contribution in [2.75, 3.05) is 19.7 Å². The maximum atomic E-state index is 13.2. The van der Waals surface area contributed by atoms with Gasteiger partial charge in [-0.1, -0.05) is 12.1 Å². The summed E-state index contributed by atoms with van der Waals surface area (Å²) < 4.78 is 20.6. The molecule has 1 saturated heterocycles. The number of aromatic nitrogens is 2. The molecular weight excluding hydrogens is 389 g/mol. The van der Waals surface area contributed by atoms with Crippen molar-refractivity contribution >= 4 is 5.91 Å². The standard InChI is InChI=1S/C22H24FN3O4/c23-17-4-2-16(3-5-17)12-22(15-27)14-25(11-8-20(22)28)21(29)19-7-6-18(30-19)13-26-10-1-9-24-26/h1-7,9-10,20,27-28H,8,11-15H2/t20-,22-/m0/s1. The lowest BCUT2D eigenvalue weighted by Crippen LogP contribution is -2.56. The number of piperidine rings is 1. The van der Waals surface area contributed by atoms with E-state index in [9.17, 15) is 19.4 Å². The maximum absolute atomic E-state index is 13.2. The predicted molar refractivity (Wildman–Crippen MR) is 106 cm³/mol. The molecule has 30 heavy (non-hydrogen) atoms. The largest absolute Gasteiger partial charge is 0.454 e. The molecule has 0 spiro atoms. The summed E-state index contributed by atoms with van der Waals surface area (Å²) >= 11 is 0. The number of benzene rings is 1. The summed E-state index contributed by atoms with van der Waals surface area (Å²) in [5, 5.41) is 24.9. The third-order valence-electron chi connectivity index (χ3n) is 5.71. The molecule has 2 aromatic heterocycles. The fourth-order valence-electron chi connectivity index (χ4n) is 4.00. The fraction of sp³-hybridized carbons (Fsp3) is 0.364. The molecule has 7 nitrogen and oxygen atoms in total. The minimum Gasteiger partial charge on any atom is -0.454 e. The van der Waals surface area contributed by atoms with Crippen LogP contribution >= 0.6 is 0 Å². The highest BCUT2D eigenvalue weighted by atomic mass is 19.1. The zero-order valence-corrected chi connectivity index (χ0v) is 16.4. The molecule has 0 radical (unpaired) electrons. The Hall–Kier alpha value is -2.97. The quantitative estimate of drug-likeness (QED) is 0.646. The van der Waals surface area contributed by atoms with Crippen molar-refractivity contribution in [3.05, 3.63) is 77.8 Å². The van der Waals surface area contributed by atoms with E-state index in [1.807, 2.05) is 6.07 Å². The third kappa shape index (κ3) is 4.15. The number of amides is 1. The highest BCUT2D eigenvalue weighted by molar-refractivity contribution is 5.91. The smallest absolute Gasteiger partial charge is 0.289 e.